The van der Waals surface area contributed by atoms with Crippen molar-refractivity contribution in [1.82, 2.24) is 14.9 Å². The van der Waals surface area contributed by atoms with E-state index in [1.54, 1.807) is 14.2 Å². The van der Waals surface area contributed by atoms with Crippen LogP contribution in [0.2, 0.25) is 0 Å². The molecule has 0 fully saturated rings. The minimum Gasteiger partial charge on any atom is -0.493 e. The van der Waals surface area contributed by atoms with Crippen LogP contribution in [0.15, 0.2) is 22.7 Å². The SMILES string of the molecule is COc1ccc(Cn2nc(C)c(NC(=O)c3noc4c3CC(C)CC4)c2C)cc1OC. The largest absolute Gasteiger partial charge is 0.493 e. The minimum atomic E-state index is -0.254. The summed E-state index contributed by atoms with van der Waals surface area (Å²) in [6, 6.07) is 5.77. The first-order chi connectivity index (χ1) is 14.9. The molecule has 1 aromatic carbocycles. The molecule has 0 aliphatic heterocycles. The highest BCUT2D eigenvalue weighted by Crippen LogP contribution is 2.30. The van der Waals surface area contributed by atoms with Gasteiger partial charge in [0.15, 0.2) is 17.2 Å². The van der Waals surface area contributed by atoms with Gasteiger partial charge in [0.1, 0.15) is 5.76 Å². The Labute approximate surface area is 181 Å². The van der Waals surface area contributed by atoms with Gasteiger partial charge in [0.05, 0.1) is 37.8 Å². The second-order valence-corrected chi connectivity index (χ2v) is 8.13. The van der Waals surface area contributed by atoms with E-state index in [9.17, 15) is 4.79 Å². The number of aryl methyl sites for hydroxylation is 2. The molecule has 3 aromatic rings. The Morgan fingerprint density at radius 1 is 1.26 bits per heavy atom. The molecule has 1 amide bonds. The summed E-state index contributed by atoms with van der Waals surface area (Å²) in [6.45, 7) is 6.55. The summed E-state index contributed by atoms with van der Waals surface area (Å²) >= 11 is 0. The van der Waals surface area contributed by atoms with E-state index in [1.165, 1.54) is 0 Å². The second kappa shape index (κ2) is 8.45. The molecule has 8 heteroatoms. The number of ether oxygens (including phenoxy) is 2. The number of anilines is 1. The highest BCUT2D eigenvalue weighted by atomic mass is 16.5. The molecule has 0 spiro atoms. The molecule has 0 radical (unpaired) electrons. The van der Waals surface area contributed by atoms with Crippen LogP contribution in [-0.2, 0) is 19.4 Å². The minimum absolute atomic E-state index is 0.254. The Morgan fingerprint density at radius 2 is 2.03 bits per heavy atom. The van der Waals surface area contributed by atoms with E-state index >= 15 is 0 Å². The number of hydrogen-bond donors (Lipinski definition) is 1. The van der Waals surface area contributed by atoms with Crippen molar-refractivity contribution in [1.29, 1.82) is 0 Å². The van der Waals surface area contributed by atoms with Crippen LogP contribution in [-0.4, -0.2) is 35.1 Å². The normalized spacial score (nSPS) is 15.5. The standard InChI is InChI=1S/C23H28N4O4/c1-13-6-8-18-17(10-13)22(26-31-18)23(28)24-21-14(2)25-27(15(21)3)12-16-7-9-19(29-4)20(11-16)30-5/h7,9,11,13H,6,8,10,12H2,1-5H3,(H,24,28). The van der Waals surface area contributed by atoms with Crippen molar-refractivity contribution in [3.05, 3.63) is 52.2 Å². The number of benzene rings is 1. The highest BCUT2D eigenvalue weighted by Gasteiger charge is 2.28. The number of nitrogens with one attached hydrogen (secondary N) is 1. The monoisotopic (exact) mass is 424 g/mol. The number of carbonyl (C=O) groups is 1. The molecule has 4 rings (SSSR count). The van der Waals surface area contributed by atoms with Crippen molar-refractivity contribution in [2.24, 2.45) is 5.92 Å². The van der Waals surface area contributed by atoms with Gasteiger partial charge in [-0.3, -0.25) is 9.48 Å². The zero-order valence-corrected chi connectivity index (χ0v) is 18.6. The molecule has 1 unspecified atom stereocenters. The van der Waals surface area contributed by atoms with Crippen LogP contribution >= 0.6 is 0 Å². The third kappa shape index (κ3) is 4.02. The maximum absolute atomic E-state index is 13.0. The zero-order chi connectivity index (χ0) is 22.1. The first-order valence-corrected chi connectivity index (χ1v) is 10.4. The van der Waals surface area contributed by atoms with E-state index in [0.29, 0.717) is 35.3 Å². The predicted molar refractivity (Wildman–Crippen MR) is 116 cm³/mol. The number of amides is 1. The predicted octanol–water partition coefficient (Wildman–Crippen LogP) is 3.93. The quantitative estimate of drug-likeness (QED) is 0.645. The summed E-state index contributed by atoms with van der Waals surface area (Å²) in [5.41, 5.74) is 4.65. The van der Waals surface area contributed by atoms with E-state index in [4.69, 9.17) is 14.0 Å². The van der Waals surface area contributed by atoms with Gasteiger partial charge in [-0.1, -0.05) is 18.1 Å². The number of rotatable bonds is 6. The van der Waals surface area contributed by atoms with Gasteiger partial charge in [0.25, 0.3) is 5.91 Å². The fourth-order valence-electron chi connectivity index (χ4n) is 4.11. The molecule has 0 saturated heterocycles. The summed E-state index contributed by atoms with van der Waals surface area (Å²) in [5, 5.41) is 11.7. The lowest BCUT2D eigenvalue weighted by atomic mass is 9.88. The number of hydrogen-bond acceptors (Lipinski definition) is 6. The molecule has 1 atom stereocenters. The van der Waals surface area contributed by atoms with Crippen molar-refractivity contribution >= 4 is 11.6 Å². The van der Waals surface area contributed by atoms with Gasteiger partial charge in [-0.15, -0.1) is 0 Å². The van der Waals surface area contributed by atoms with Crippen molar-refractivity contribution in [2.75, 3.05) is 19.5 Å². The van der Waals surface area contributed by atoms with E-state index in [-0.39, 0.29) is 5.91 Å². The fraction of sp³-hybridized carbons (Fsp3) is 0.435. The van der Waals surface area contributed by atoms with Crippen LogP contribution < -0.4 is 14.8 Å². The van der Waals surface area contributed by atoms with Gasteiger partial charge in [0, 0.05) is 12.0 Å². The zero-order valence-electron chi connectivity index (χ0n) is 18.6. The molecule has 2 aromatic heterocycles. The molecule has 2 heterocycles. The molecule has 1 N–H and O–H groups in total. The number of aromatic nitrogens is 3. The first-order valence-electron chi connectivity index (χ1n) is 10.4. The van der Waals surface area contributed by atoms with Crippen LogP contribution in [0.5, 0.6) is 11.5 Å². The maximum atomic E-state index is 13.0. The Balaban J connectivity index is 1.55. The number of fused-ring (bicyclic) bond motifs is 1. The fourth-order valence-corrected chi connectivity index (χ4v) is 4.11. The van der Waals surface area contributed by atoms with Crippen LogP contribution in [0.1, 0.15) is 52.1 Å². The molecule has 31 heavy (non-hydrogen) atoms. The molecule has 0 saturated carbocycles. The number of nitrogens with zero attached hydrogens (tertiary/aromatic N) is 3. The van der Waals surface area contributed by atoms with Crippen LogP contribution in [0.3, 0.4) is 0 Å². The van der Waals surface area contributed by atoms with Gasteiger partial charge in [0.2, 0.25) is 0 Å². The van der Waals surface area contributed by atoms with Crippen LogP contribution in [0.4, 0.5) is 5.69 Å². The Morgan fingerprint density at radius 3 is 2.77 bits per heavy atom. The Bertz CT molecular complexity index is 1120. The average Bonchev–Trinajstić information content (AvgIpc) is 3.29. The van der Waals surface area contributed by atoms with Gasteiger partial charge in [-0.2, -0.15) is 5.10 Å². The highest BCUT2D eigenvalue weighted by molar-refractivity contribution is 6.04. The summed E-state index contributed by atoms with van der Waals surface area (Å²) in [7, 11) is 3.22. The molecule has 8 nitrogen and oxygen atoms in total. The van der Waals surface area contributed by atoms with Crippen molar-refractivity contribution in [3.8, 4) is 11.5 Å². The lowest BCUT2D eigenvalue weighted by Gasteiger charge is -2.16. The molecule has 0 bridgehead atoms. The first kappa shape index (κ1) is 21.0. The third-order valence-electron chi connectivity index (χ3n) is 5.90. The lowest BCUT2D eigenvalue weighted by molar-refractivity contribution is 0.101. The van der Waals surface area contributed by atoms with Gasteiger partial charge in [-0.25, -0.2) is 0 Å². The molecule has 1 aliphatic carbocycles. The Kier molecular flexibility index (Phi) is 5.71. The summed E-state index contributed by atoms with van der Waals surface area (Å²) in [6.07, 6.45) is 2.71. The van der Waals surface area contributed by atoms with E-state index in [0.717, 1.165) is 47.5 Å². The van der Waals surface area contributed by atoms with Gasteiger partial charge < -0.3 is 19.3 Å². The molecular formula is C23H28N4O4. The summed E-state index contributed by atoms with van der Waals surface area (Å²) in [4.78, 5) is 13.0. The molecule has 1 aliphatic rings. The van der Waals surface area contributed by atoms with Gasteiger partial charge in [-0.05, 0) is 50.3 Å². The van der Waals surface area contributed by atoms with Crippen molar-refractivity contribution in [3.63, 3.8) is 0 Å². The van der Waals surface area contributed by atoms with E-state index < -0.39 is 0 Å². The van der Waals surface area contributed by atoms with Gasteiger partial charge >= 0.3 is 0 Å². The van der Waals surface area contributed by atoms with E-state index in [2.05, 4.69) is 22.5 Å². The third-order valence-corrected chi connectivity index (χ3v) is 5.90. The van der Waals surface area contributed by atoms with Crippen molar-refractivity contribution < 1.29 is 18.8 Å². The number of methoxy groups -OCH3 is 2. The maximum Gasteiger partial charge on any atom is 0.278 e. The average molecular weight is 425 g/mol. The van der Waals surface area contributed by atoms with Crippen molar-refractivity contribution in [2.45, 2.75) is 46.6 Å². The number of carbonyl (C=O) groups excluding carboxylic acids is 1. The van der Waals surface area contributed by atoms with Crippen LogP contribution in [0, 0.1) is 19.8 Å². The summed E-state index contributed by atoms with van der Waals surface area (Å²) < 4.78 is 18.0. The summed E-state index contributed by atoms with van der Waals surface area (Å²) in [5.74, 6) is 2.45. The van der Waals surface area contributed by atoms with E-state index in [1.807, 2.05) is 36.7 Å². The second-order valence-electron chi connectivity index (χ2n) is 8.13. The topological polar surface area (TPSA) is 91.4 Å². The Hall–Kier alpha value is -3.29. The molecular weight excluding hydrogens is 396 g/mol. The lowest BCUT2D eigenvalue weighted by Crippen LogP contribution is -2.18. The van der Waals surface area contributed by atoms with Crippen LogP contribution in [0.25, 0.3) is 0 Å². The molecule has 164 valence electrons. The smallest absolute Gasteiger partial charge is 0.278 e.